The molecular weight excluding hydrogens is 439 g/mol. The van der Waals surface area contributed by atoms with E-state index in [-0.39, 0.29) is 0 Å². The summed E-state index contributed by atoms with van der Waals surface area (Å²) < 4.78 is 47.1. The number of halogens is 3. The van der Waals surface area contributed by atoms with Crippen molar-refractivity contribution in [2.24, 2.45) is 0 Å². The highest BCUT2D eigenvalue weighted by molar-refractivity contribution is 8.11. The number of alkyl halides is 3. The van der Waals surface area contributed by atoms with Crippen molar-refractivity contribution in [3.8, 4) is 0 Å². The zero-order valence-corrected chi connectivity index (χ0v) is 18.5. The van der Waals surface area contributed by atoms with Crippen molar-refractivity contribution >= 4 is 44.2 Å². The average Bonchev–Trinajstić information content (AvgIpc) is 3.34. The minimum absolute atomic E-state index is 0.550. The van der Waals surface area contributed by atoms with Gasteiger partial charge in [-0.25, -0.2) is 0 Å². The predicted molar refractivity (Wildman–Crippen MR) is 123 cm³/mol. The number of benzene rings is 1. The molecule has 2 aromatic rings. The number of hydrogen-bond donors (Lipinski definition) is 0. The summed E-state index contributed by atoms with van der Waals surface area (Å²) in [6.07, 6.45) is 8.42. The SMILES string of the molecule is FC(F)(F)c1ccc2c3c(sc2c1)=CC=CC1=CC=C(COCCN2CCCC2)SC=31. The van der Waals surface area contributed by atoms with Crippen molar-refractivity contribution in [1.29, 1.82) is 0 Å². The molecule has 1 fully saturated rings. The molecule has 1 aliphatic carbocycles. The minimum atomic E-state index is -4.33. The maximum absolute atomic E-state index is 13.2. The van der Waals surface area contributed by atoms with Crippen LogP contribution in [0.4, 0.5) is 13.2 Å². The van der Waals surface area contributed by atoms with E-state index in [1.54, 1.807) is 17.8 Å². The topological polar surface area (TPSA) is 12.5 Å². The molecule has 162 valence electrons. The Morgan fingerprint density at radius 1 is 1.06 bits per heavy atom. The van der Waals surface area contributed by atoms with Crippen molar-refractivity contribution in [3.05, 3.63) is 68.3 Å². The highest BCUT2D eigenvalue weighted by Gasteiger charge is 2.31. The molecule has 0 N–H and O–H groups in total. The first kappa shape index (κ1) is 21.1. The Hall–Kier alpha value is -1.80. The second-order valence-electron chi connectivity index (χ2n) is 7.86. The van der Waals surface area contributed by atoms with E-state index >= 15 is 0 Å². The van der Waals surface area contributed by atoms with Crippen LogP contribution in [-0.2, 0) is 10.9 Å². The molecule has 0 radical (unpaired) electrons. The van der Waals surface area contributed by atoms with Crippen LogP contribution in [0, 0.1) is 0 Å². The van der Waals surface area contributed by atoms with Gasteiger partial charge in [0.15, 0.2) is 0 Å². The third-order valence-electron chi connectivity index (χ3n) is 5.73. The lowest BCUT2D eigenvalue weighted by atomic mass is 10.1. The smallest absolute Gasteiger partial charge is 0.375 e. The van der Waals surface area contributed by atoms with Crippen LogP contribution in [0.1, 0.15) is 18.4 Å². The first-order valence-corrected chi connectivity index (χ1v) is 12.0. The van der Waals surface area contributed by atoms with Gasteiger partial charge in [0, 0.05) is 36.2 Å². The Labute approximate surface area is 187 Å². The maximum Gasteiger partial charge on any atom is 0.416 e. The number of fused-ring (bicyclic) bond motifs is 4. The molecule has 3 heterocycles. The fraction of sp³-hybridized carbons (Fsp3) is 0.333. The quantitative estimate of drug-likeness (QED) is 0.579. The highest BCUT2D eigenvalue weighted by Crippen LogP contribution is 2.38. The van der Waals surface area contributed by atoms with Crippen LogP contribution in [0.2, 0.25) is 0 Å². The molecule has 5 rings (SSSR count). The molecule has 2 nitrogen and oxygen atoms in total. The van der Waals surface area contributed by atoms with E-state index in [9.17, 15) is 13.2 Å². The van der Waals surface area contributed by atoms with E-state index in [1.807, 2.05) is 12.2 Å². The van der Waals surface area contributed by atoms with Gasteiger partial charge in [-0.15, -0.1) is 11.3 Å². The van der Waals surface area contributed by atoms with Crippen molar-refractivity contribution in [3.63, 3.8) is 0 Å². The number of nitrogens with zero attached hydrogens (tertiary/aromatic N) is 1. The highest BCUT2D eigenvalue weighted by atomic mass is 32.2. The van der Waals surface area contributed by atoms with Crippen molar-refractivity contribution in [2.45, 2.75) is 19.0 Å². The lowest BCUT2D eigenvalue weighted by Gasteiger charge is -2.17. The lowest BCUT2D eigenvalue weighted by Crippen LogP contribution is -2.24. The molecule has 0 bridgehead atoms. The van der Waals surface area contributed by atoms with Gasteiger partial charge in [-0.3, -0.25) is 0 Å². The van der Waals surface area contributed by atoms with Gasteiger partial charge in [-0.05, 0) is 55.8 Å². The molecule has 3 aliphatic rings. The molecule has 2 aliphatic heterocycles. The molecule has 7 heteroatoms. The normalized spacial score (nSPS) is 19.0. The van der Waals surface area contributed by atoms with Crippen LogP contribution in [0.15, 0.2) is 53.0 Å². The van der Waals surface area contributed by atoms with E-state index in [1.165, 1.54) is 36.3 Å². The fourth-order valence-corrected chi connectivity index (χ4v) is 6.49. The predicted octanol–water partition coefficient (Wildman–Crippen LogP) is 5.05. The standard InChI is InChI=1S/C24H22F3NOS2/c25-24(26,27)17-7-9-19-21(14-17)31-20-5-3-4-16-6-8-18(30-23(16)22(19)20)15-29-13-12-28-10-1-2-11-28/h3-9,14H,1-2,10-13,15H2. The van der Waals surface area contributed by atoms with Crippen LogP contribution in [0.3, 0.4) is 0 Å². The first-order chi connectivity index (χ1) is 15.0. The molecule has 31 heavy (non-hydrogen) atoms. The maximum atomic E-state index is 13.2. The summed E-state index contributed by atoms with van der Waals surface area (Å²) in [5.74, 6) is 0. The van der Waals surface area contributed by atoms with Crippen molar-refractivity contribution < 1.29 is 17.9 Å². The Kier molecular flexibility index (Phi) is 5.86. The number of thiophene rings is 1. The molecule has 0 unspecified atom stereocenters. The van der Waals surface area contributed by atoms with Gasteiger partial charge in [-0.1, -0.05) is 36.1 Å². The van der Waals surface area contributed by atoms with Gasteiger partial charge in [0.2, 0.25) is 0 Å². The van der Waals surface area contributed by atoms with E-state index in [0.29, 0.717) is 17.9 Å². The van der Waals surface area contributed by atoms with Crippen LogP contribution >= 0.6 is 23.1 Å². The summed E-state index contributed by atoms with van der Waals surface area (Å²) in [6.45, 7) is 4.56. The number of likely N-dealkylation sites (tertiary alicyclic amines) is 1. The van der Waals surface area contributed by atoms with Crippen LogP contribution in [0.25, 0.3) is 21.1 Å². The number of thioether (sulfide) groups is 1. The second-order valence-corrected chi connectivity index (χ2v) is 10.1. The number of allylic oxidation sites excluding steroid dienone is 4. The zero-order chi connectivity index (χ0) is 21.4. The fourth-order valence-electron chi connectivity index (χ4n) is 4.14. The van der Waals surface area contributed by atoms with E-state index in [0.717, 1.165) is 50.2 Å². The molecule has 1 saturated heterocycles. The summed E-state index contributed by atoms with van der Waals surface area (Å²) in [7, 11) is 0. The summed E-state index contributed by atoms with van der Waals surface area (Å²) in [4.78, 5) is 4.64. The van der Waals surface area contributed by atoms with Gasteiger partial charge in [-0.2, -0.15) is 13.2 Å². The summed E-state index contributed by atoms with van der Waals surface area (Å²) in [5, 5.41) is 1.90. The van der Waals surface area contributed by atoms with Crippen LogP contribution in [0.5, 0.6) is 0 Å². The van der Waals surface area contributed by atoms with Crippen molar-refractivity contribution in [1.82, 2.24) is 4.90 Å². The van der Waals surface area contributed by atoms with E-state index < -0.39 is 11.7 Å². The lowest BCUT2D eigenvalue weighted by molar-refractivity contribution is -0.137. The molecule has 0 spiro atoms. The Morgan fingerprint density at radius 2 is 1.90 bits per heavy atom. The third kappa shape index (κ3) is 4.42. The van der Waals surface area contributed by atoms with E-state index in [4.69, 9.17) is 4.74 Å². The zero-order valence-electron chi connectivity index (χ0n) is 16.9. The molecular formula is C24H22F3NOS2. The second kappa shape index (κ2) is 8.62. The van der Waals surface area contributed by atoms with Crippen LogP contribution < -0.4 is 9.75 Å². The monoisotopic (exact) mass is 461 g/mol. The Morgan fingerprint density at radius 3 is 2.71 bits per heavy atom. The molecule has 0 saturated carbocycles. The van der Waals surface area contributed by atoms with Crippen LogP contribution in [-0.4, -0.2) is 37.7 Å². The van der Waals surface area contributed by atoms with E-state index in [2.05, 4.69) is 23.1 Å². The molecule has 1 aromatic heterocycles. The number of ether oxygens (including phenoxy) is 1. The van der Waals surface area contributed by atoms with Gasteiger partial charge < -0.3 is 9.64 Å². The largest absolute Gasteiger partial charge is 0.416 e. The molecule has 0 atom stereocenters. The molecule has 1 aromatic carbocycles. The average molecular weight is 462 g/mol. The van der Waals surface area contributed by atoms with Crippen molar-refractivity contribution in [2.75, 3.05) is 32.8 Å². The first-order valence-electron chi connectivity index (χ1n) is 10.4. The van der Waals surface area contributed by atoms with Gasteiger partial charge >= 0.3 is 6.18 Å². The Bertz CT molecular complexity index is 1210. The van der Waals surface area contributed by atoms with Gasteiger partial charge in [0.25, 0.3) is 0 Å². The minimum Gasteiger partial charge on any atom is -0.375 e. The Balaban J connectivity index is 1.43. The molecule has 0 amide bonds. The third-order valence-corrected chi connectivity index (χ3v) is 8.01. The summed E-state index contributed by atoms with van der Waals surface area (Å²) in [6, 6.07) is 4.06. The number of hydrogen-bond acceptors (Lipinski definition) is 4. The van der Waals surface area contributed by atoms with Gasteiger partial charge in [0.05, 0.1) is 18.8 Å². The number of rotatable bonds is 5. The van der Waals surface area contributed by atoms with Gasteiger partial charge in [0.1, 0.15) is 0 Å². The summed E-state index contributed by atoms with van der Waals surface area (Å²) in [5.41, 5.74) is 0.483. The summed E-state index contributed by atoms with van der Waals surface area (Å²) >= 11 is 3.08.